The van der Waals surface area contributed by atoms with E-state index in [0.717, 1.165) is 0 Å². The molecule has 0 N–H and O–H groups in total. The minimum atomic E-state index is 0. The molecule has 0 saturated heterocycles. The molecule has 0 rings (SSSR count). The van der Waals surface area contributed by atoms with Crippen LogP contribution < -0.4 is 0 Å². The predicted molar refractivity (Wildman–Crippen MR) is 4.97 cm³/mol. The maximum Gasteiger partial charge on any atom is 0 e. The smallest absolute Gasteiger partial charge is 0 e. The Morgan fingerprint density at radius 1 is 1.00 bits per heavy atom. The molecule has 0 aliphatic carbocycles. The van der Waals surface area contributed by atoms with E-state index in [1.807, 2.05) is 0 Å². The van der Waals surface area contributed by atoms with Crippen LogP contribution in [-0.4, -0.2) is 0 Å². The van der Waals surface area contributed by atoms with Crippen molar-refractivity contribution < 1.29 is 37.1 Å². The summed E-state index contributed by atoms with van der Waals surface area (Å²) in [5.74, 6) is 0. The van der Waals surface area contributed by atoms with Gasteiger partial charge < -0.3 is 11.8 Å². The molecule has 0 aliphatic rings. The quantitative estimate of drug-likeness (QED) is 0.424. The molecule has 0 spiro atoms. The second kappa shape index (κ2) is 59.6. The van der Waals surface area contributed by atoms with E-state index in [4.69, 9.17) is 11.8 Å². The third-order valence-electron chi connectivity index (χ3n) is 0. The first-order valence-electron chi connectivity index (χ1n) is 0.224. The minimum Gasteiger partial charge on any atom is -0.512 e. The molecular weight excluding hydrogens is 128 g/mol. The van der Waals surface area contributed by atoms with Crippen LogP contribution in [0.4, 0.5) is 0 Å². The summed E-state index contributed by atoms with van der Waals surface area (Å²) in [5, 5.41) is 6.25. The van der Waals surface area contributed by atoms with Gasteiger partial charge in [-0.25, -0.2) is 0 Å². The van der Waals surface area contributed by atoms with E-state index in [1.54, 1.807) is 0 Å². The van der Waals surface area contributed by atoms with E-state index in [-0.39, 0.29) is 37.1 Å². The van der Waals surface area contributed by atoms with Gasteiger partial charge in [0, 0.05) is 37.1 Å². The number of hydrogen-bond acceptors (Lipinski definition) is 1. The van der Waals surface area contributed by atoms with Crippen LogP contribution in [0.2, 0.25) is 0 Å². The molecule has 4 heavy (non-hydrogen) atoms. The molecule has 0 aromatic heterocycles. The first-order chi connectivity index (χ1) is 1.00. The number of rotatable bonds is 0. The van der Waals surface area contributed by atoms with Gasteiger partial charge in [0.1, 0.15) is 0 Å². The zero-order chi connectivity index (χ0) is 2.00. The van der Waals surface area contributed by atoms with Crippen molar-refractivity contribution in [3.05, 3.63) is 6.57 Å². The molecule has 2 radical (unpaired) electrons. The molecule has 0 aliphatic heterocycles. The zero-order valence-corrected chi connectivity index (χ0v) is 4.64. The Kier molecular flexibility index (Phi) is 338. The summed E-state index contributed by atoms with van der Waals surface area (Å²) in [7, 11) is 0. The summed E-state index contributed by atoms with van der Waals surface area (Å²) in [6.07, 6.45) is 0. The Morgan fingerprint density at radius 2 is 1.00 bits per heavy atom. The summed E-state index contributed by atoms with van der Waals surface area (Å²) in [6, 6.07) is 0. The van der Waals surface area contributed by atoms with Gasteiger partial charge in [0.25, 0.3) is 0 Å². The first-order valence-corrected chi connectivity index (χ1v) is 0.224. The van der Waals surface area contributed by atoms with Crippen LogP contribution in [0.1, 0.15) is 0 Å². The average Bonchev–Trinajstić information content (AvgIpc) is 1.00. The Bertz CT molecular complexity index is 10.8. The van der Waals surface area contributed by atoms with Gasteiger partial charge in [-0.2, -0.15) is 0 Å². The Morgan fingerprint density at radius 3 is 1.00 bits per heavy atom. The van der Waals surface area contributed by atoms with Gasteiger partial charge in [-0.1, -0.05) is 0 Å². The topological polar surface area (TPSA) is 23.8 Å². The molecule has 20 valence electrons. The van der Waals surface area contributed by atoms with E-state index in [0.29, 0.717) is 0 Å². The molecule has 3 heteroatoms. The van der Waals surface area contributed by atoms with Crippen molar-refractivity contribution in [1.82, 2.24) is 0 Å². The minimum absolute atomic E-state index is 0. The molecule has 0 amide bonds. The summed E-state index contributed by atoms with van der Waals surface area (Å²) in [4.78, 5) is 0. The van der Waals surface area contributed by atoms with Crippen LogP contribution in [-0.2, 0) is 37.1 Å². The molecule has 0 aromatic carbocycles. The van der Waals surface area contributed by atoms with E-state index >= 15 is 0 Å². The molecule has 0 aromatic rings. The van der Waals surface area contributed by atoms with Gasteiger partial charge in [-0.05, 0) is 0 Å². The number of nitrogens with zero attached hydrogens (tertiary/aromatic N) is 1. The fraction of sp³-hybridized carbons (Fsp3) is 0. The molecule has 0 saturated carbocycles. The van der Waals surface area contributed by atoms with Crippen LogP contribution in [0, 0.1) is 11.8 Å². The maximum absolute atomic E-state index is 6.25. The van der Waals surface area contributed by atoms with Gasteiger partial charge in [0.15, 0.2) is 0 Å². The van der Waals surface area contributed by atoms with Gasteiger partial charge in [-0.3, -0.25) is 0 Å². The Labute approximate surface area is 49.1 Å². The van der Waals surface area contributed by atoms with E-state index in [9.17, 15) is 0 Å². The molecule has 0 fully saturated rings. The summed E-state index contributed by atoms with van der Waals surface area (Å²) < 4.78 is 0. The average molecular weight is 128 g/mol. The third-order valence-corrected chi connectivity index (χ3v) is 0. The van der Waals surface area contributed by atoms with Crippen LogP contribution in [0.5, 0.6) is 0 Å². The molecule has 0 bridgehead atoms. The second-order valence-corrected chi connectivity index (χ2v) is 0. The second-order valence-electron chi connectivity index (χ2n) is 0. The maximum atomic E-state index is 6.25. The summed E-state index contributed by atoms with van der Waals surface area (Å²) in [5.41, 5.74) is 0. The van der Waals surface area contributed by atoms with Crippen molar-refractivity contribution in [2.75, 3.05) is 0 Å². The van der Waals surface area contributed by atoms with Crippen molar-refractivity contribution in [1.29, 1.82) is 5.26 Å². The molecular formula is CNV2-. The summed E-state index contributed by atoms with van der Waals surface area (Å²) in [6.45, 7) is 4.75. The Balaban J connectivity index is -0.00000000500. The van der Waals surface area contributed by atoms with E-state index in [2.05, 4.69) is 0 Å². The fourth-order valence-corrected chi connectivity index (χ4v) is 0. The van der Waals surface area contributed by atoms with Gasteiger partial charge >= 0.3 is 0 Å². The van der Waals surface area contributed by atoms with Crippen LogP contribution in [0.25, 0.3) is 0 Å². The summed E-state index contributed by atoms with van der Waals surface area (Å²) >= 11 is 0. The monoisotopic (exact) mass is 128 g/mol. The standard InChI is InChI=1S/CN.2V/c1-2;;/q-1;;. The van der Waals surface area contributed by atoms with Crippen LogP contribution in [0.15, 0.2) is 0 Å². The Hall–Kier alpha value is 0.659. The van der Waals surface area contributed by atoms with Gasteiger partial charge in [-0.15, -0.1) is 0 Å². The van der Waals surface area contributed by atoms with Gasteiger partial charge in [0.2, 0.25) is 0 Å². The largest absolute Gasteiger partial charge is 0.512 e. The molecule has 1 nitrogen and oxygen atoms in total. The van der Waals surface area contributed by atoms with Crippen molar-refractivity contribution >= 4 is 0 Å². The van der Waals surface area contributed by atoms with Crippen molar-refractivity contribution in [2.45, 2.75) is 0 Å². The normalized spacial score (nSPS) is 0.500. The van der Waals surface area contributed by atoms with Crippen molar-refractivity contribution in [3.8, 4) is 0 Å². The van der Waals surface area contributed by atoms with Crippen molar-refractivity contribution in [3.63, 3.8) is 0 Å². The molecule has 0 unspecified atom stereocenters. The fourth-order valence-electron chi connectivity index (χ4n) is 0. The van der Waals surface area contributed by atoms with E-state index < -0.39 is 0 Å². The first kappa shape index (κ1) is 22.7. The SMILES string of the molecule is [C-]#N.[V].[V]. The number of hydrogen-bond donors (Lipinski definition) is 0. The third kappa shape index (κ3) is 16.9. The molecule has 0 atom stereocenters. The van der Waals surface area contributed by atoms with Crippen molar-refractivity contribution in [2.24, 2.45) is 0 Å². The van der Waals surface area contributed by atoms with Crippen LogP contribution in [0.3, 0.4) is 0 Å². The predicted octanol–water partition coefficient (Wildman–Crippen LogP) is 0.0914. The zero-order valence-electron chi connectivity index (χ0n) is 1.84. The van der Waals surface area contributed by atoms with Crippen LogP contribution >= 0.6 is 0 Å². The van der Waals surface area contributed by atoms with Gasteiger partial charge in [0.05, 0.1) is 0 Å². The molecule has 0 heterocycles. The van der Waals surface area contributed by atoms with E-state index in [1.165, 1.54) is 0 Å².